The zero-order valence-electron chi connectivity index (χ0n) is 14.3. The number of ether oxygens (including phenoxy) is 1. The van der Waals surface area contributed by atoms with Crippen molar-refractivity contribution in [3.8, 4) is 0 Å². The lowest BCUT2D eigenvalue weighted by Gasteiger charge is -2.40. The van der Waals surface area contributed by atoms with E-state index >= 15 is 0 Å². The zero-order valence-corrected chi connectivity index (χ0v) is 16.7. The first kappa shape index (κ1) is 19.4. The van der Waals surface area contributed by atoms with Crippen molar-refractivity contribution in [1.29, 1.82) is 0 Å². The Labute approximate surface area is 155 Å². The molecule has 2 amide bonds. The quantitative estimate of drug-likeness (QED) is 0.737. The van der Waals surface area contributed by atoms with Gasteiger partial charge in [-0.25, -0.2) is 0 Å². The molecule has 0 aromatic carbocycles. The van der Waals surface area contributed by atoms with Crippen LogP contribution in [0.3, 0.4) is 0 Å². The van der Waals surface area contributed by atoms with E-state index in [9.17, 15) is 9.59 Å². The van der Waals surface area contributed by atoms with Gasteiger partial charge in [-0.15, -0.1) is 11.3 Å². The molecule has 0 saturated carbocycles. The maximum absolute atomic E-state index is 12.6. The van der Waals surface area contributed by atoms with Gasteiger partial charge in [0.25, 0.3) is 11.8 Å². The van der Waals surface area contributed by atoms with E-state index in [0.717, 1.165) is 3.79 Å². The number of hydrogen-bond donors (Lipinski definition) is 2. The second-order valence-corrected chi connectivity index (χ2v) is 8.91. The summed E-state index contributed by atoms with van der Waals surface area (Å²) in [5.74, 6) is -0.393. The van der Waals surface area contributed by atoms with E-state index < -0.39 is 0 Å². The highest BCUT2D eigenvalue weighted by atomic mass is 79.9. The maximum atomic E-state index is 12.6. The molecular formula is C16H24BrN3O3S. The summed E-state index contributed by atoms with van der Waals surface area (Å²) in [5.41, 5.74) is 5.07. The van der Waals surface area contributed by atoms with Crippen molar-refractivity contribution in [3.63, 3.8) is 0 Å². The lowest BCUT2D eigenvalue weighted by Crippen LogP contribution is -2.59. The van der Waals surface area contributed by atoms with Crippen molar-refractivity contribution in [3.05, 3.63) is 20.8 Å². The first-order valence-electron chi connectivity index (χ1n) is 8.03. The third-order valence-corrected chi connectivity index (χ3v) is 5.46. The minimum Gasteiger partial charge on any atom is -0.373 e. The smallest absolute Gasteiger partial charge is 0.279 e. The van der Waals surface area contributed by atoms with Gasteiger partial charge in [-0.05, 0) is 47.8 Å². The second kappa shape index (κ2) is 8.42. The van der Waals surface area contributed by atoms with Gasteiger partial charge in [-0.1, -0.05) is 13.8 Å². The molecular weight excluding hydrogens is 394 g/mol. The van der Waals surface area contributed by atoms with Gasteiger partial charge in [0.05, 0.1) is 26.9 Å². The molecule has 8 heteroatoms. The summed E-state index contributed by atoms with van der Waals surface area (Å²) >= 11 is 4.64. The van der Waals surface area contributed by atoms with Crippen LogP contribution < -0.4 is 10.9 Å². The molecule has 2 rings (SSSR count). The van der Waals surface area contributed by atoms with Gasteiger partial charge in [0.1, 0.15) is 0 Å². The summed E-state index contributed by atoms with van der Waals surface area (Å²) in [6.45, 7) is 9.43. The number of morpholine rings is 1. The van der Waals surface area contributed by atoms with Gasteiger partial charge in [-0.3, -0.25) is 25.3 Å². The first-order chi connectivity index (χ1) is 11.3. The van der Waals surface area contributed by atoms with Gasteiger partial charge in [0.15, 0.2) is 0 Å². The molecule has 1 aromatic rings. The molecule has 1 aliphatic heterocycles. The van der Waals surface area contributed by atoms with Gasteiger partial charge < -0.3 is 4.74 Å². The molecule has 1 saturated heterocycles. The van der Waals surface area contributed by atoms with Crippen molar-refractivity contribution in [2.45, 2.75) is 45.9 Å². The number of rotatable bonds is 4. The van der Waals surface area contributed by atoms with Crippen LogP contribution in [0, 0.1) is 5.92 Å². The second-order valence-electron chi connectivity index (χ2n) is 6.45. The van der Waals surface area contributed by atoms with Gasteiger partial charge in [0, 0.05) is 13.1 Å². The van der Waals surface area contributed by atoms with Crippen molar-refractivity contribution < 1.29 is 14.3 Å². The van der Waals surface area contributed by atoms with E-state index in [-0.39, 0.29) is 36.0 Å². The number of nitrogens with one attached hydrogen (secondary N) is 2. The highest BCUT2D eigenvalue weighted by Crippen LogP contribution is 2.22. The van der Waals surface area contributed by atoms with Crippen LogP contribution in [-0.4, -0.2) is 48.1 Å². The van der Waals surface area contributed by atoms with Crippen molar-refractivity contribution in [2.24, 2.45) is 5.92 Å². The lowest BCUT2D eigenvalue weighted by atomic mass is 10.00. The molecule has 3 atom stereocenters. The molecule has 0 radical (unpaired) electrons. The number of hydrazine groups is 1. The highest BCUT2D eigenvalue weighted by Gasteiger charge is 2.34. The number of thiophene rings is 1. The standard InChI is InChI=1S/C16H24BrN3O3S/c1-9(2)14(20-7-10(3)23-11(4)8-20)16(22)19-18-15(21)12-5-6-13(17)24-12/h5-6,9-11,14H,7-8H2,1-4H3,(H,18,21)(H,19,22). The van der Waals surface area contributed by atoms with Crippen LogP contribution >= 0.6 is 27.3 Å². The molecule has 24 heavy (non-hydrogen) atoms. The van der Waals surface area contributed by atoms with Crippen molar-refractivity contribution in [1.82, 2.24) is 15.8 Å². The van der Waals surface area contributed by atoms with Crippen LogP contribution in [0.15, 0.2) is 15.9 Å². The topological polar surface area (TPSA) is 70.7 Å². The fraction of sp³-hybridized carbons (Fsp3) is 0.625. The Morgan fingerprint density at radius 3 is 2.38 bits per heavy atom. The normalized spacial score (nSPS) is 23.1. The molecule has 0 aliphatic carbocycles. The van der Waals surface area contributed by atoms with E-state index in [1.807, 2.05) is 27.7 Å². The maximum Gasteiger partial charge on any atom is 0.279 e. The Morgan fingerprint density at radius 2 is 1.88 bits per heavy atom. The van der Waals surface area contributed by atoms with Crippen LogP contribution in [-0.2, 0) is 9.53 Å². The number of halogens is 1. The Hall–Kier alpha value is -0.960. The fourth-order valence-electron chi connectivity index (χ4n) is 3.03. The number of amides is 2. The largest absolute Gasteiger partial charge is 0.373 e. The van der Waals surface area contributed by atoms with Gasteiger partial charge in [0.2, 0.25) is 0 Å². The predicted octanol–water partition coefficient (Wildman–Crippen LogP) is 2.41. The van der Waals surface area contributed by atoms with E-state index in [2.05, 4.69) is 31.7 Å². The minimum absolute atomic E-state index is 0.0841. The molecule has 2 N–H and O–H groups in total. The Morgan fingerprint density at radius 1 is 1.25 bits per heavy atom. The van der Waals surface area contributed by atoms with Crippen LogP contribution in [0.4, 0.5) is 0 Å². The van der Waals surface area contributed by atoms with Crippen LogP contribution in [0.25, 0.3) is 0 Å². The third kappa shape index (κ3) is 5.02. The van der Waals surface area contributed by atoms with Gasteiger partial charge >= 0.3 is 0 Å². The summed E-state index contributed by atoms with van der Waals surface area (Å²) < 4.78 is 6.61. The molecule has 1 aliphatic rings. The first-order valence-corrected chi connectivity index (χ1v) is 9.64. The van der Waals surface area contributed by atoms with Crippen molar-refractivity contribution in [2.75, 3.05) is 13.1 Å². The Bertz CT molecular complexity index is 583. The molecule has 0 bridgehead atoms. The molecule has 1 fully saturated rings. The minimum atomic E-state index is -0.315. The Kier molecular flexibility index (Phi) is 6.79. The van der Waals surface area contributed by atoms with E-state index in [4.69, 9.17) is 4.74 Å². The van der Waals surface area contributed by atoms with Crippen LogP contribution in [0.1, 0.15) is 37.4 Å². The van der Waals surface area contributed by atoms with Crippen molar-refractivity contribution >= 4 is 39.1 Å². The number of carbonyl (C=O) groups is 2. The molecule has 3 unspecified atom stereocenters. The number of hydrogen-bond acceptors (Lipinski definition) is 5. The molecule has 0 spiro atoms. The Balaban J connectivity index is 1.97. The van der Waals surface area contributed by atoms with E-state index in [0.29, 0.717) is 18.0 Å². The average molecular weight is 418 g/mol. The summed E-state index contributed by atoms with van der Waals surface area (Å²) in [6.07, 6.45) is 0.168. The number of nitrogens with zero attached hydrogens (tertiary/aromatic N) is 1. The lowest BCUT2D eigenvalue weighted by molar-refractivity contribution is -0.136. The third-order valence-electron chi connectivity index (χ3n) is 3.84. The molecule has 2 heterocycles. The predicted molar refractivity (Wildman–Crippen MR) is 97.8 cm³/mol. The van der Waals surface area contributed by atoms with Gasteiger partial charge in [-0.2, -0.15) is 0 Å². The van der Waals surface area contributed by atoms with Crippen LogP contribution in [0.5, 0.6) is 0 Å². The molecule has 6 nitrogen and oxygen atoms in total. The zero-order chi connectivity index (χ0) is 17.9. The van der Waals surface area contributed by atoms with E-state index in [1.165, 1.54) is 11.3 Å². The summed E-state index contributed by atoms with van der Waals surface area (Å²) in [5, 5.41) is 0. The monoisotopic (exact) mass is 417 g/mol. The van der Waals surface area contributed by atoms with E-state index in [1.54, 1.807) is 12.1 Å². The molecule has 134 valence electrons. The summed E-state index contributed by atoms with van der Waals surface area (Å²) in [7, 11) is 0. The SMILES string of the molecule is CC1CN(C(C(=O)NNC(=O)c2ccc(Br)s2)C(C)C)CC(C)O1. The number of carbonyl (C=O) groups excluding carboxylic acids is 2. The molecule has 1 aromatic heterocycles. The summed E-state index contributed by atoms with van der Waals surface area (Å²) in [4.78, 5) is 27.4. The summed E-state index contributed by atoms with van der Waals surface area (Å²) in [6, 6.07) is 3.20. The highest BCUT2D eigenvalue weighted by molar-refractivity contribution is 9.11. The van der Waals surface area contributed by atoms with Crippen LogP contribution in [0.2, 0.25) is 0 Å². The average Bonchev–Trinajstić information content (AvgIpc) is 2.90. The fourth-order valence-corrected chi connectivity index (χ4v) is 4.31.